The van der Waals surface area contributed by atoms with Crippen LogP contribution in [0.3, 0.4) is 0 Å². The number of carbonyl (C=O) groups excluding carboxylic acids is 1. The summed E-state index contributed by atoms with van der Waals surface area (Å²) in [7, 11) is 0. The van der Waals surface area contributed by atoms with Crippen molar-refractivity contribution < 1.29 is 9.90 Å². The van der Waals surface area contributed by atoms with E-state index < -0.39 is 0 Å². The van der Waals surface area contributed by atoms with Gasteiger partial charge in [-0.1, -0.05) is 58.6 Å². The molecule has 0 bridgehead atoms. The second-order valence-electron chi connectivity index (χ2n) is 11.9. The monoisotopic (exact) mass is 400 g/mol. The lowest BCUT2D eigenvalue weighted by Crippen LogP contribution is -2.52. The van der Waals surface area contributed by atoms with Gasteiger partial charge in [0, 0.05) is 0 Å². The topological polar surface area (TPSA) is 37.3 Å². The predicted octanol–water partition coefficient (Wildman–Crippen LogP) is 6.57. The van der Waals surface area contributed by atoms with Gasteiger partial charge in [0.25, 0.3) is 0 Å². The average Bonchev–Trinajstić information content (AvgIpc) is 3.04. The van der Waals surface area contributed by atoms with Gasteiger partial charge >= 0.3 is 0 Å². The molecule has 4 aliphatic carbocycles. The van der Waals surface area contributed by atoms with Gasteiger partial charge in [0.15, 0.2) is 0 Å². The molecule has 2 nitrogen and oxygen atoms in total. The molecule has 0 aromatic rings. The molecule has 0 spiro atoms. The second-order valence-corrected chi connectivity index (χ2v) is 11.9. The van der Waals surface area contributed by atoms with Crippen molar-refractivity contribution in [1.29, 1.82) is 0 Å². The molecule has 0 radical (unpaired) electrons. The number of rotatable bonds is 6. The van der Waals surface area contributed by atoms with E-state index in [1.807, 2.05) is 0 Å². The van der Waals surface area contributed by atoms with Crippen molar-refractivity contribution in [3.05, 3.63) is 11.6 Å². The number of allylic oxidation sites excluding steroid dienone is 1. The van der Waals surface area contributed by atoms with Crippen molar-refractivity contribution in [2.45, 2.75) is 104 Å². The Morgan fingerprint density at radius 1 is 1.10 bits per heavy atom. The van der Waals surface area contributed by atoms with E-state index in [0.717, 1.165) is 49.4 Å². The molecule has 2 unspecified atom stereocenters. The van der Waals surface area contributed by atoms with Gasteiger partial charge in [-0.05, 0) is 92.3 Å². The molecular weight excluding hydrogens is 356 g/mol. The van der Waals surface area contributed by atoms with E-state index in [2.05, 4.69) is 33.8 Å². The van der Waals surface area contributed by atoms with Crippen LogP contribution in [0.2, 0.25) is 0 Å². The van der Waals surface area contributed by atoms with E-state index in [-0.39, 0.29) is 11.5 Å². The van der Waals surface area contributed by atoms with Crippen LogP contribution in [0.25, 0.3) is 0 Å². The average molecular weight is 401 g/mol. The van der Waals surface area contributed by atoms with Crippen LogP contribution >= 0.6 is 0 Å². The highest BCUT2D eigenvalue weighted by atomic mass is 16.3. The number of carbonyl (C=O) groups is 1. The molecular formula is C27H44O2. The third-order valence-corrected chi connectivity index (χ3v) is 10.1. The van der Waals surface area contributed by atoms with Crippen molar-refractivity contribution in [3.63, 3.8) is 0 Å². The van der Waals surface area contributed by atoms with Crippen LogP contribution in [0.1, 0.15) is 98.3 Å². The SMILES string of the molecule is CC(C)CCC[C@@H](C)[C@H]1CCC2[C@@H]3CC=C4C[C@@H](O)CC[C@]4(C=O)C3CC[C@@]21C. The molecule has 3 fully saturated rings. The van der Waals surface area contributed by atoms with Gasteiger partial charge in [-0.25, -0.2) is 0 Å². The van der Waals surface area contributed by atoms with Crippen LogP contribution in [0.15, 0.2) is 11.6 Å². The molecule has 8 atom stereocenters. The van der Waals surface area contributed by atoms with E-state index in [1.165, 1.54) is 56.8 Å². The van der Waals surface area contributed by atoms with Crippen molar-refractivity contribution >= 4 is 6.29 Å². The van der Waals surface area contributed by atoms with Crippen LogP contribution in [-0.2, 0) is 4.79 Å². The number of aliphatic hydroxyl groups excluding tert-OH is 1. The molecule has 0 saturated heterocycles. The van der Waals surface area contributed by atoms with Gasteiger partial charge in [0.1, 0.15) is 6.29 Å². The van der Waals surface area contributed by atoms with Crippen molar-refractivity contribution in [2.75, 3.05) is 0 Å². The van der Waals surface area contributed by atoms with Crippen molar-refractivity contribution in [2.24, 2.45) is 46.3 Å². The van der Waals surface area contributed by atoms with E-state index >= 15 is 0 Å². The van der Waals surface area contributed by atoms with E-state index in [1.54, 1.807) is 0 Å². The van der Waals surface area contributed by atoms with Crippen LogP contribution in [-0.4, -0.2) is 17.5 Å². The fraction of sp³-hybridized carbons (Fsp3) is 0.889. The molecule has 2 heteroatoms. The predicted molar refractivity (Wildman–Crippen MR) is 119 cm³/mol. The Hall–Kier alpha value is -0.630. The summed E-state index contributed by atoms with van der Waals surface area (Å²) in [5.74, 6) is 4.53. The molecule has 1 N–H and O–H groups in total. The van der Waals surface area contributed by atoms with E-state index in [9.17, 15) is 9.90 Å². The molecule has 4 rings (SSSR count). The number of aliphatic hydroxyl groups is 1. The number of aldehydes is 1. The first-order valence-corrected chi connectivity index (χ1v) is 12.7. The largest absolute Gasteiger partial charge is 0.393 e. The Kier molecular flexibility index (Phi) is 6.06. The maximum atomic E-state index is 12.5. The van der Waals surface area contributed by atoms with E-state index in [0.29, 0.717) is 17.3 Å². The molecule has 0 aliphatic heterocycles. The van der Waals surface area contributed by atoms with Gasteiger partial charge in [-0.2, -0.15) is 0 Å². The summed E-state index contributed by atoms with van der Waals surface area (Å²) >= 11 is 0. The third-order valence-electron chi connectivity index (χ3n) is 10.1. The second kappa shape index (κ2) is 8.13. The maximum absolute atomic E-state index is 12.5. The van der Waals surface area contributed by atoms with Gasteiger partial charge in [-0.3, -0.25) is 0 Å². The van der Waals surface area contributed by atoms with Crippen LogP contribution in [0, 0.1) is 46.3 Å². The van der Waals surface area contributed by atoms with Crippen molar-refractivity contribution in [3.8, 4) is 0 Å². The Labute approximate surface area is 178 Å². The molecule has 3 saturated carbocycles. The summed E-state index contributed by atoms with van der Waals surface area (Å²) in [6.07, 6.45) is 16.5. The summed E-state index contributed by atoms with van der Waals surface area (Å²) in [6.45, 7) is 9.83. The fourth-order valence-corrected chi connectivity index (χ4v) is 8.59. The third kappa shape index (κ3) is 3.56. The van der Waals surface area contributed by atoms with Gasteiger partial charge < -0.3 is 9.90 Å². The molecule has 4 aliphatic rings. The maximum Gasteiger partial charge on any atom is 0.130 e. The summed E-state index contributed by atoms with van der Waals surface area (Å²) in [5.41, 5.74) is 1.51. The molecule has 164 valence electrons. The normalized spacial score (nSPS) is 45.2. The van der Waals surface area contributed by atoms with Gasteiger partial charge in [-0.15, -0.1) is 0 Å². The number of hydrogen-bond acceptors (Lipinski definition) is 2. The molecule has 0 amide bonds. The molecule has 29 heavy (non-hydrogen) atoms. The summed E-state index contributed by atoms with van der Waals surface area (Å²) in [4.78, 5) is 12.5. The van der Waals surface area contributed by atoms with Crippen molar-refractivity contribution in [1.82, 2.24) is 0 Å². The van der Waals surface area contributed by atoms with E-state index in [4.69, 9.17) is 0 Å². The smallest absolute Gasteiger partial charge is 0.130 e. The number of fused-ring (bicyclic) bond motifs is 5. The zero-order valence-corrected chi connectivity index (χ0v) is 19.3. The molecule has 0 heterocycles. The summed E-state index contributed by atoms with van der Waals surface area (Å²) < 4.78 is 0. The minimum absolute atomic E-state index is 0.234. The Morgan fingerprint density at radius 2 is 1.90 bits per heavy atom. The first kappa shape index (κ1) is 21.6. The molecule has 0 aromatic heterocycles. The lowest BCUT2D eigenvalue weighted by atomic mass is 9.46. The van der Waals surface area contributed by atoms with Crippen LogP contribution in [0.5, 0.6) is 0 Å². The Morgan fingerprint density at radius 3 is 2.62 bits per heavy atom. The zero-order chi connectivity index (χ0) is 20.8. The highest BCUT2D eigenvalue weighted by molar-refractivity contribution is 5.67. The van der Waals surface area contributed by atoms with Gasteiger partial charge in [0.2, 0.25) is 0 Å². The Balaban J connectivity index is 1.52. The fourth-order valence-electron chi connectivity index (χ4n) is 8.59. The Bertz CT molecular complexity index is 636. The van der Waals surface area contributed by atoms with Gasteiger partial charge in [0.05, 0.1) is 11.5 Å². The first-order chi connectivity index (χ1) is 13.8. The molecule has 0 aromatic carbocycles. The van der Waals surface area contributed by atoms with Crippen LogP contribution < -0.4 is 0 Å². The lowest BCUT2D eigenvalue weighted by Gasteiger charge is -2.57. The minimum Gasteiger partial charge on any atom is -0.393 e. The van der Waals surface area contributed by atoms with Crippen LogP contribution in [0.4, 0.5) is 0 Å². The standard InChI is InChI=1S/C27H44O2/c1-18(2)6-5-7-19(3)23-10-11-24-22-9-8-20-16-21(29)12-15-27(20,17-28)25(22)13-14-26(23,24)4/h8,17-19,21-25,29H,5-7,9-16H2,1-4H3/t19-,21+,22+,23-,24?,25?,26-,27-/m1/s1. The highest BCUT2D eigenvalue weighted by Crippen LogP contribution is 2.67. The highest BCUT2D eigenvalue weighted by Gasteiger charge is 2.60. The number of hydrogen-bond donors (Lipinski definition) is 1. The first-order valence-electron chi connectivity index (χ1n) is 12.7. The quantitative estimate of drug-likeness (QED) is 0.404. The summed E-state index contributed by atoms with van der Waals surface area (Å²) in [5, 5.41) is 10.2. The minimum atomic E-state index is -0.246. The summed E-state index contributed by atoms with van der Waals surface area (Å²) in [6, 6.07) is 0. The lowest BCUT2D eigenvalue weighted by molar-refractivity contribution is -0.127. The zero-order valence-electron chi connectivity index (χ0n) is 19.3.